The van der Waals surface area contributed by atoms with Crippen LogP contribution >= 0.6 is 0 Å². The average molecular weight is 399 g/mol. The molecule has 1 aromatic heterocycles. The number of nitrogens with one attached hydrogen (secondary N) is 2. The van der Waals surface area contributed by atoms with E-state index in [1.54, 1.807) is 0 Å². The van der Waals surface area contributed by atoms with Gasteiger partial charge in [-0.2, -0.15) is 5.10 Å². The minimum absolute atomic E-state index is 0.155. The van der Waals surface area contributed by atoms with E-state index in [4.69, 9.17) is 0 Å². The van der Waals surface area contributed by atoms with Crippen LogP contribution in [0.3, 0.4) is 0 Å². The lowest BCUT2D eigenvalue weighted by Gasteiger charge is -2.07. The van der Waals surface area contributed by atoms with Crippen molar-refractivity contribution in [3.05, 3.63) is 106 Å². The lowest BCUT2D eigenvalue weighted by molar-refractivity contribution is -0.384. The van der Waals surface area contributed by atoms with Crippen LogP contribution in [-0.2, 0) is 6.42 Å². The lowest BCUT2D eigenvalue weighted by Crippen LogP contribution is -2.21. The summed E-state index contributed by atoms with van der Waals surface area (Å²) in [5.74, 6) is 0.181. The van der Waals surface area contributed by atoms with Gasteiger partial charge in [-0.25, -0.2) is 10.4 Å². The van der Waals surface area contributed by atoms with Gasteiger partial charge in [-0.3, -0.25) is 14.9 Å². The molecule has 0 fully saturated rings. The molecule has 30 heavy (non-hydrogen) atoms. The Bertz CT molecular complexity index is 1210. The van der Waals surface area contributed by atoms with Gasteiger partial charge in [-0.15, -0.1) is 0 Å². The number of aromatic amines is 1. The minimum Gasteiger partial charge on any atom is -0.342 e. The molecule has 0 atom stereocenters. The maximum absolute atomic E-state index is 12.5. The Hall–Kier alpha value is -4.33. The molecule has 0 radical (unpaired) electrons. The molecule has 3 aromatic carbocycles. The Labute approximate surface area is 171 Å². The van der Waals surface area contributed by atoms with Gasteiger partial charge in [0, 0.05) is 17.7 Å². The van der Waals surface area contributed by atoms with E-state index < -0.39 is 10.8 Å². The first kappa shape index (κ1) is 19.0. The number of amides is 1. The second-order valence-electron chi connectivity index (χ2n) is 6.55. The number of non-ortho nitro benzene ring substituents is 1. The van der Waals surface area contributed by atoms with E-state index in [2.05, 4.69) is 20.5 Å². The summed E-state index contributed by atoms with van der Waals surface area (Å²) >= 11 is 0. The zero-order valence-corrected chi connectivity index (χ0v) is 15.8. The Morgan fingerprint density at radius 1 is 1.00 bits per heavy atom. The summed E-state index contributed by atoms with van der Waals surface area (Å²) in [7, 11) is 0. The van der Waals surface area contributed by atoms with E-state index in [-0.39, 0.29) is 11.3 Å². The van der Waals surface area contributed by atoms with Crippen molar-refractivity contribution in [1.82, 2.24) is 15.4 Å². The number of nitrogens with zero attached hydrogens (tertiary/aromatic N) is 3. The van der Waals surface area contributed by atoms with Gasteiger partial charge in [0.05, 0.1) is 28.1 Å². The average Bonchev–Trinajstić information content (AvgIpc) is 3.19. The summed E-state index contributed by atoms with van der Waals surface area (Å²) in [6, 6.07) is 22.6. The summed E-state index contributed by atoms with van der Waals surface area (Å²) in [4.78, 5) is 30.7. The Balaban J connectivity index is 1.61. The van der Waals surface area contributed by atoms with E-state index >= 15 is 0 Å². The third-order valence-corrected chi connectivity index (χ3v) is 4.49. The van der Waals surface area contributed by atoms with E-state index in [1.165, 1.54) is 24.3 Å². The summed E-state index contributed by atoms with van der Waals surface area (Å²) in [6.07, 6.45) is 0.369. The van der Waals surface area contributed by atoms with Gasteiger partial charge in [0.2, 0.25) is 0 Å². The topological polar surface area (TPSA) is 113 Å². The smallest absolute Gasteiger partial charge is 0.271 e. The van der Waals surface area contributed by atoms with Gasteiger partial charge in [0.25, 0.3) is 11.6 Å². The molecule has 0 aliphatic carbocycles. The normalized spacial score (nSPS) is 11.4. The van der Waals surface area contributed by atoms with Gasteiger partial charge in [0.15, 0.2) is 0 Å². The zero-order chi connectivity index (χ0) is 20.9. The molecule has 0 saturated carbocycles. The van der Waals surface area contributed by atoms with Crippen molar-refractivity contribution in [2.24, 2.45) is 5.10 Å². The number of nitro groups is 1. The number of imidazole rings is 1. The first-order valence-corrected chi connectivity index (χ1v) is 9.20. The van der Waals surface area contributed by atoms with Crippen molar-refractivity contribution in [2.75, 3.05) is 0 Å². The molecule has 1 heterocycles. The number of rotatable bonds is 6. The van der Waals surface area contributed by atoms with Crippen LogP contribution in [0.1, 0.15) is 21.7 Å². The molecular weight excluding hydrogens is 382 g/mol. The quantitative estimate of drug-likeness (QED) is 0.291. The Morgan fingerprint density at radius 2 is 1.73 bits per heavy atom. The predicted octanol–water partition coefficient (Wildman–Crippen LogP) is 3.85. The standard InChI is InChI=1S/C22H17N5O3/c28-22(16-9-6-10-17(13-16)27(29)30)26-25-20(15-7-2-1-3-8-15)14-21-23-18-11-4-5-12-19(18)24-21/h1-13H,14H2,(H,23,24)(H,26,28). The highest BCUT2D eigenvalue weighted by Crippen LogP contribution is 2.14. The van der Waals surface area contributed by atoms with Crippen LogP contribution in [0.2, 0.25) is 0 Å². The second-order valence-corrected chi connectivity index (χ2v) is 6.55. The van der Waals surface area contributed by atoms with Gasteiger partial charge in [-0.05, 0) is 23.8 Å². The number of carbonyl (C=O) groups is 1. The van der Waals surface area contributed by atoms with Crippen molar-refractivity contribution >= 4 is 28.3 Å². The molecule has 0 unspecified atom stereocenters. The molecular formula is C22H17N5O3. The first-order valence-electron chi connectivity index (χ1n) is 9.20. The molecule has 0 saturated heterocycles. The fourth-order valence-electron chi connectivity index (χ4n) is 3.03. The van der Waals surface area contributed by atoms with Gasteiger partial charge >= 0.3 is 0 Å². The fourth-order valence-corrected chi connectivity index (χ4v) is 3.03. The molecule has 4 aromatic rings. The molecule has 148 valence electrons. The Kier molecular flexibility index (Phi) is 5.29. The zero-order valence-electron chi connectivity index (χ0n) is 15.8. The van der Waals surface area contributed by atoms with Crippen LogP contribution in [-0.4, -0.2) is 26.5 Å². The van der Waals surface area contributed by atoms with Crippen LogP contribution in [0.15, 0.2) is 84.0 Å². The summed E-state index contributed by atoms with van der Waals surface area (Å²) in [5.41, 5.74) is 5.70. The number of carbonyl (C=O) groups excluding carboxylic acids is 1. The number of hydrazone groups is 1. The maximum Gasteiger partial charge on any atom is 0.271 e. The number of benzene rings is 3. The summed E-state index contributed by atoms with van der Waals surface area (Å²) in [5, 5.41) is 15.2. The molecule has 0 bridgehead atoms. The van der Waals surface area contributed by atoms with Crippen LogP contribution in [0.5, 0.6) is 0 Å². The number of fused-ring (bicyclic) bond motifs is 1. The van der Waals surface area contributed by atoms with Crippen molar-refractivity contribution in [3.8, 4) is 0 Å². The largest absolute Gasteiger partial charge is 0.342 e. The number of nitro benzene ring substituents is 1. The minimum atomic E-state index is -0.545. The maximum atomic E-state index is 12.5. The SMILES string of the molecule is O=C(NN=C(Cc1nc2ccccc2[nH]1)c1ccccc1)c1cccc([N+](=O)[O-])c1. The van der Waals surface area contributed by atoms with Crippen LogP contribution in [0.4, 0.5) is 5.69 Å². The third-order valence-electron chi connectivity index (χ3n) is 4.49. The highest BCUT2D eigenvalue weighted by molar-refractivity contribution is 6.03. The van der Waals surface area contributed by atoms with Gasteiger partial charge in [-0.1, -0.05) is 48.5 Å². The highest BCUT2D eigenvalue weighted by Gasteiger charge is 2.13. The van der Waals surface area contributed by atoms with E-state index in [1.807, 2.05) is 54.6 Å². The lowest BCUT2D eigenvalue weighted by atomic mass is 10.1. The number of para-hydroxylation sites is 2. The fraction of sp³-hybridized carbons (Fsp3) is 0.0455. The monoisotopic (exact) mass is 399 g/mol. The van der Waals surface area contributed by atoms with Crippen molar-refractivity contribution in [3.63, 3.8) is 0 Å². The van der Waals surface area contributed by atoms with Gasteiger partial charge < -0.3 is 4.98 Å². The number of H-pyrrole nitrogens is 1. The van der Waals surface area contributed by atoms with E-state index in [0.717, 1.165) is 16.6 Å². The predicted molar refractivity (Wildman–Crippen MR) is 113 cm³/mol. The van der Waals surface area contributed by atoms with E-state index in [9.17, 15) is 14.9 Å². The molecule has 1 amide bonds. The van der Waals surface area contributed by atoms with Crippen molar-refractivity contribution in [2.45, 2.75) is 6.42 Å². The summed E-state index contributed by atoms with van der Waals surface area (Å²) in [6.45, 7) is 0. The molecule has 0 aliphatic heterocycles. The summed E-state index contributed by atoms with van der Waals surface area (Å²) < 4.78 is 0. The Morgan fingerprint density at radius 3 is 2.50 bits per heavy atom. The number of hydrogen-bond acceptors (Lipinski definition) is 5. The molecule has 0 aliphatic rings. The second kappa shape index (κ2) is 8.36. The van der Waals surface area contributed by atoms with Crippen LogP contribution < -0.4 is 5.43 Å². The van der Waals surface area contributed by atoms with Crippen LogP contribution in [0, 0.1) is 10.1 Å². The molecule has 8 heteroatoms. The van der Waals surface area contributed by atoms with E-state index in [0.29, 0.717) is 18.0 Å². The van der Waals surface area contributed by atoms with Crippen molar-refractivity contribution in [1.29, 1.82) is 0 Å². The third kappa shape index (κ3) is 4.22. The molecule has 2 N–H and O–H groups in total. The van der Waals surface area contributed by atoms with Crippen molar-refractivity contribution < 1.29 is 9.72 Å². The van der Waals surface area contributed by atoms with Gasteiger partial charge in [0.1, 0.15) is 5.82 Å². The first-order chi connectivity index (χ1) is 14.6. The van der Waals surface area contributed by atoms with Crippen LogP contribution in [0.25, 0.3) is 11.0 Å². The molecule has 8 nitrogen and oxygen atoms in total. The number of aromatic nitrogens is 2. The number of hydrogen-bond donors (Lipinski definition) is 2. The highest BCUT2D eigenvalue weighted by atomic mass is 16.6. The molecule has 4 rings (SSSR count). The molecule has 0 spiro atoms.